The molecule has 0 unspecified atom stereocenters. The highest BCUT2D eigenvalue weighted by Gasteiger charge is 1.92. The first-order valence-electron chi connectivity index (χ1n) is 4.65. The van der Waals surface area contributed by atoms with Crippen molar-refractivity contribution in [1.29, 1.82) is 0 Å². The molecule has 0 spiro atoms. The number of benzene rings is 1. The van der Waals surface area contributed by atoms with Crippen molar-refractivity contribution in [1.82, 2.24) is 0 Å². The maximum atomic E-state index is 5.42. The highest BCUT2D eigenvalue weighted by molar-refractivity contribution is 14.1. The quantitative estimate of drug-likeness (QED) is 0.597. The highest BCUT2D eigenvalue weighted by Crippen LogP contribution is 2.07. The van der Waals surface area contributed by atoms with Crippen molar-refractivity contribution in [3.8, 4) is 0 Å². The second kappa shape index (κ2) is 6.38. The summed E-state index contributed by atoms with van der Waals surface area (Å²) in [6.45, 7) is 3.85. The molecular formula is C11H15IO. The molecule has 0 aromatic heterocycles. The molecule has 0 aliphatic carbocycles. The molecule has 0 N–H and O–H groups in total. The molecule has 1 aromatic carbocycles. The maximum Gasteiger partial charge on any atom is 0.0506 e. The summed E-state index contributed by atoms with van der Waals surface area (Å²) >= 11 is 2.32. The van der Waals surface area contributed by atoms with E-state index in [4.69, 9.17) is 4.74 Å². The van der Waals surface area contributed by atoms with Gasteiger partial charge in [-0.05, 0) is 53.1 Å². The summed E-state index contributed by atoms with van der Waals surface area (Å²) in [5, 5.41) is 0. The van der Waals surface area contributed by atoms with Crippen LogP contribution in [0.1, 0.15) is 18.9 Å². The lowest BCUT2D eigenvalue weighted by atomic mass is 10.2. The molecule has 13 heavy (non-hydrogen) atoms. The Bertz CT molecular complexity index is 230. The molecule has 0 amide bonds. The summed E-state index contributed by atoms with van der Waals surface area (Å²) in [4.78, 5) is 0. The van der Waals surface area contributed by atoms with E-state index >= 15 is 0 Å². The largest absolute Gasteiger partial charge is 0.381 e. The molecule has 0 aliphatic rings. The minimum atomic E-state index is 0.842. The molecule has 72 valence electrons. The standard InChI is InChI=1S/C11H15IO/c1-2-8-13-9-7-10-3-5-11(12)6-4-10/h3-6H,2,7-9H2,1H3. The Morgan fingerprint density at radius 3 is 2.46 bits per heavy atom. The second-order valence-electron chi connectivity index (χ2n) is 2.99. The molecule has 0 aliphatic heterocycles. The molecule has 0 atom stereocenters. The SMILES string of the molecule is CCCOCCc1ccc(I)cc1. The van der Waals surface area contributed by atoms with Gasteiger partial charge in [-0.3, -0.25) is 0 Å². The summed E-state index contributed by atoms with van der Waals surface area (Å²) in [7, 11) is 0. The third-order valence-corrected chi connectivity index (χ3v) is 2.52. The molecule has 0 radical (unpaired) electrons. The number of hydrogen-bond donors (Lipinski definition) is 0. The average Bonchev–Trinajstić information content (AvgIpc) is 2.15. The van der Waals surface area contributed by atoms with E-state index in [1.807, 2.05) is 0 Å². The molecule has 0 bridgehead atoms. The zero-order valence-corrected chi connectivity index (χ0v) is 10.1. The van der Waals surface area contributed by atoms with Crippen molar-refractivity contribution in [3.63, 3.8) is 0 Å². The molecule has 0 saturated carbocycles. The van der Waals surface area contributed by atoms with Gasteiger partial charge in [0.2, 0.25) is 0 Å². The Labute approximate surface area is 93.6 Å². The van der Waals surface area contributed by atoms with Crippen molar-refractivity contribution in [2.45, 2.75) is 19.8 Å². The van der Waals surface area contributed by atoms with E-state index in [-0.39, 0.29) is 0 Å². The van der Waals surface area contributed by atoms with Crippen molar-refractivity contribution in [3.05, 3.63) is 33.4 Å². The van der Waals surface area contributed by atoms with Crippen LogP contribution in [0.5, 0.6) is 0 Å². The Balaban J connectivity index is 2.25. The Morgan fingerprint density at radius 1 is 1.15 bits per heavy atom. The number of hydrogen-bond acceptors (Lipinski definition) is 1. The van der Waals surface area contributed by atoms with Crippen molar-refractivity contribution >= 4 is 22.6 Å². The van der Waals surface area contributed by atoms with Crippen LogP contribution in [0.3, 0.4) is 0 Å². The van der Waals surface area contributed by atoms with Gasteiger partial charge in [-0.25, -0.2) is 0 Å². The lowest BCUT2D eigenvalue weighted by Crippen LogP contribution is -1.99. The van der Waals surface area contributed by atoms with Crippen molar-refractivity contribution in [2.24, 2.45) is 0 Å². The van der Waals surface area contributed by atoms with Crippen LogP contribution in [0.2, 0.25) is 0 Å². The molecule has 2 heteroatoms. The van der Waals surface area contributed by atoms with Crippen molar-refractivity contribution in [2.75, 3.05) is 13.2 Å². The topological polar surface area (TPSA) is 9.23 Å². The lowest BCUT2D eigenvalue weighted by Gasteiger charge is -2.02. The number of halogens is 1. The fourth-order valence-electron chi connectivity index (χ4n) is 1.09. The number of rotatable bonds is 5. The third-order valence-electron chi connectivity index (χ3n) is 1.80. The summed E-state index contributed by atoms with van der Waals surface area (Å²) in [5.74, 6) is 0. The van der Waals surface area contributed by atoms with Crippen molar-refractivity contribution < 1.29 is 4.74 Å². The lowest BCUT2D eigenvalue weighted by molar-refractivity contribution is 0.138. The van der Waals surface area contributed by atoms with Gasteiger partial charge in [-0.2, -0.15) is 0 Å². The van der Waals surface area contributed by atoms with Crippen LogP contribution in [0.15, 0.2) is 24.3 Å². The summed E-state index contributed by atoms with van der Waals surface area (Å²) in [5.41, 5.74) is 1.36. The van der Waals surface area contributed by atoms with Gasteiger partial charge in [0.05, 0.1) is 6.61 Å². The molecular weight excluding hydrogens is 275 g/mol. The third kappa shape index (κ3) is 4.62. The van der Waals surface area contributed by atoms with Crippen LogP contribution in [0.4, 0.5) is 0 Å². The van der Waals surface area contributed by atoms with Gasteiger partial charge in [0.15, 0.2) is 0 Å². The highest BCUT2D eigenvalue weighted by atomic mass is 127. The van der Waals surface area contributed by atoms with Crippen LogP contribution in [0.25, 0.3) is 0 Å². The number of ether oxygens (including phenoxy) is 1. The normalized spacial score (nSPS) is 10.3. The van der Waals surface area contributed by atoms with Crippen LogP contribution in [0, 0.1) is 3.57 Å². The summed E-state index contributed by atoms with van der Waals surface area (Å²) in [6.07, 6.45) is 2.13. The van der Waals surface area contributed by atoms with Crippen LogP contribution in [-0.4, -0.2) is 13.2 Å². The van der Waals surface area contributed by atoms with E-state index in [1.54, 1.807) is 0 Å². The van der Waals surface area contributed by atoms with Gasteiger partial charge in [0, 0.05) is 10.2 Å². The first-order chi connectivity index (χ1) is 6.33. The zero-order chi connectivity index (χ0) is 9.52. The van der Waals surface area contributed by atoms with Gasteiger partial charge in [0.1, 0.15) is 0 Å². The zero-order valence-electron chi connectivity index (χ0n) is 7.92. The summed E-state index contributed by atoms with van der Waals surface area (Å²) < 4.78 is 6.70. The first kappa shape index (κ1) is 11.0. The van der Waals surface area contributed by atoms with E-state index in [0.29, 0.717) is 0 Å². The smallest absolute Gasteiger partial charge is 0.0506 e. The maximum absolute atomic E-state index is 5.42. The van der Waals surface area contributed by atoms with Gasteiger partial charge >= 0.3 is 0 Å². The van der Waals surface area contributed by atoms with E-state index in [2.05, 4.69) is 53.8 Å². The van der Waals surface area contributed by atoms with E-state index in [0.717, 1.165) is 26.1 Å². The Morgan fingerprint density at radius 2 is 1.85 bits per heavy atom. The van der Waals surface area contributed by atoms with E-state index < -0.39 is 0 Å². The minimum Gasteiger partial charge on any atom is -0.381 e. The minimum absolute atomic E-state index is 0.842. The van der Waals surface area contributed by atoms with E-state index in [1.165, 1.54) is 9.13 Å². The molecule has 0 fully saturated rings. The van der Waals surface area contributed by atoms with E-state index in [9.17, 15) is 0 Å². The predicted molar refractivity (Wildman–Crippen MR) is 64.0 cm³/mol. The fraction of sp³-hybridized carbons (Fsp3) is 0.455. The monoisotopic (exact) mass is 290 g/mol. The van der Waals surface area contributed by atoms with Crippen LogP contribution in [-0.2, 0) is 11.2 Å². The van der Waals surface area contributed by atoms with Gasteiger partial charge < -0.3 is 4.74 Å². The Kier molecular flexibility index (Phi) is 5.39. The summed E-state index contributed by atoms with van der Waals surface area (Å²) in [6, 6.07) is 8.60. The molecule has 1 rings (SSSR count). The fourth-order valence-corrected chi connectivity index (χ4v) is 1.45. The molecule has 1 nitrogen and oxygen atoms in total. The van der Waals surface area contributed by atoms with Gasteiger partial charge in [0.25, 0.3) is 0 Å². The average molecular weight is 290 g/mol. The Hall–Kier alpha value is -0.0900. The molecule has 0 heterocycles. The first-order valence-corrected chi connectivity index (χ1v) is 5.73. The predicted octanol–water partition coefficient (Wildman–Crippen LogP) is 3.26. The van der Waals surface area contributed by atoms with Crippen LogP contribution >= 0.6 is 22.6 Å². The molecule has 0 saturated heterocycles. The van der Waals surface area contributed by atoms with Gasteiger partial charge in [-0.15, -0.1) is 0 Å². The molecule has 1 aromatic rings. The second-order valence-corrected chi connectivity index (χ2v) is 4.23. The van der Waals surface area contributed by atoms with Crippen LogP contribution < -0.4 is 0 Å². The van der Waals surface area contributed by atoms with Gasteiger partial charge in [-0.1, -0.05) is 19.1 Å².